The number of ether oxygens (including phenoxy) is 1. The Bertz CT molecular complexity index is 323. The second-order valence-corrected chi connectivity index (χ2v) is 5.25. The Balaban J connectivity index is 2.42. The number of nitrogens with zero attached hydrogens (tertiary/aromatic N) is 2. The minimum atomic E-state index is 0.500. The molecular formula is C14H27N3O. The van der Waals surface area contributed by atoms with Crippen LogP contribution in [-0.4, -0.2) is 29.8 Å². The zero-order valence-corrected chi connectivity index (χ0v) is 12.1. The minimum absolute atomic E-state index is 0.500. The van der Waals surface area contributed by atoms with Crippen molar-refractivity contribution in [3.05, 3.63) is 12.4 Å². The number of rotatable bonds is 9. The van der Waals surface area contributed by atoms with E-state index >= 15 is 0 Å². The van der Waals surface area contributed by atoms with Gasteiger partial charge in [-0.25, -0.2) is 4.98 Å². The van der Waals surface area contributed by atoms with Crippen LogP contribution < -0.4 is 5.32 Å². The van der Waals surface area contributed by atoms with E-state index in [4.69, 9.17) is 4.74 Å². The van der Waals surface area contributed by atoms with E-state index < -0.39 is 0 Å². The largest absolute Gasteiger partial charge is 0.385 e. The molecule has 0 aliphatic carbocycles. The van der Waals surface area contributed by atoms with Crippen molar-refractivity contribution in [2.75, 3.05) is 25.6 Å². The van der Waals surface area contributed by atoms with Crippen molar-refractivity contribution in [3.63, 3.8) is 0 Å². The van der Waals surface area contributed by atoms with E-state index in [2.05, 4.69) is 41.8 Å². The molecule has 1 aromatic rings. The molecule has 0 bridgehead atoms. The molecule has 0 saturated heterocycles. The van der Waals surface area contributed by atoms with Gasteiger partial charge < -0.3 is 14.6 Å². The first kappa shape index (κ1) is 15.0. The fourth-order valence-corrected chi connectivity index (χ4v) is 1.94. The number of nitrogens with one attached hydrogen (secondary N) is 1. The van der Waals surface area contributed by atoms with Gasteiger partial charge in [-0.05, 0) is 32.1 Å². The summed E-state index contributed by atoms with van der Waals surface area (Å²) in [7, 11) is 1.73. The monoisotopic (exact) mass is 253 g/mol. The van der Waals surface area contributed by atoms with Crippen LogP contribution >= 0.6 is 0 Å². The van der Waals surface area contributed by atoms with Gasteiger partial charge in [0, 0.05) is 38.7 Å². The van der Waals surface area contributed by atoms with Crippen LogP contribution in [0.3, 0.4) is 0 Å². The Morgan fingerprint density at radius 1 is 1.33 bits per heavy atom. The molecule has 0 aliphatic heterocycles. The molecule has 0 fully saturated rings. The number of aromatic nitrogens is 2. The molecule has 0 aliphatic rings. The van der Waals surface area contributed by atoms with E-state index in [-0.39, 0.29) is 0 Å². The van der Waals surface area contributed by atoms with E-state index in [1.54, 1.807) is 7.11 Å². The third-order valence-electron chi connectivity index (χ3n) is 3.11. The topological polar surface area (TPSA) is 39.1 Å². The lowest BCUT2D eigenvalue weighted by molar-refractivity contribution is 0.197. The third kappa shape index (κ3) is 5.08. The van der Waals surface area contributed by atoms with Gasteiger partial charge in [0.15, 0.2) is 0 Å². The lowest BCUT2D eigenvalue weighted by atomic mass is 10.0. The van der Waals surface area contributed by atoms with Crippen LogP contribution in [0.4, 0.5) is 5.95 Å². The van der Waals surface area contributed by atoms with Crippen LogP contribution in [-0.2, 0) is 4.74 Å². The van der Waals surface area contributed by atoms with Gasteiger partial charge in [-0.15, -0.1) is 0 Å². The molecule has 1 N–H and O–H groups in total. The van der Waals surface area contributed by atoms with Crippen LogP contribution in [0, 0.1) is 5.92 Å². The van der Waals surface area contributed by atoms with Gasteiger partial charge in [0.05, 0.1) is 0 Å². The first-order valence-corrected chi connectivity index (χ1v) is 6.90. The summed E-state index contributed by atoms with van der Waals surface area (Å²) in [5.41, 5.74) is 0. The summed E-state index contributed by atoms with van der Waals surface area (Å²) in [6.45, 7) is 8.48. The Kier molecular flexibility index (Phi) is 6.80. The van der Waals surface area contributed by atoms with Crippen LogP contribution in [0.25, 0.3) is 0 Å². The molecule has 0 spiro atoms. The maximum Gasteiger partial charge on any atom is 0.203 e. The van der Waals surface area contributed by atoms with Gasteiger partial charge in [-0.2, -0.15) is 0 Å². The molecule has 4 nitrogen and oxygen atoms in total. The fourth-order valence-electron chi connectivity index (χ4n) is 1.94. The molecule has 1 rings (SSSR count). The molecule has 1 atom stereocenters. The lowest BCUT2D eigenvalue weighted by Crippen LogP contribution is -2.13. The second kappa shape index (κ2) is 8.14. The van der Waals surface area contributed by atoms with Crippen molar-refractivity contribution in [1.29, 1.82) is 0 Å². The summed E-state index contributed by atoms with van der Waals surface area (Å²) in [6, 6.07) is 0.500. The zero-order chi connectivity index (χ0) is 13.4. The average molecular weight is 253 g/mol. The van der Waals surface area contributed by atoms with Gasteiger partial charge in [-0.3, -0.25) is 0 Å². The third-order valence-corrected chi connectivity index (χ3v) is 3.11. The van der Waals surface area contributed by atoms with Crippen molar-refractivity contribution >= 4 is 5.95 Å². The van der Waals surface area contributed by atoms with Gasteiger partial charge >= 0.3 is 0 Å². The summed E-state index contributed by atoms with van der Waals surface area (Å²) in [6.07, 6.45) is 7.38. The van der Waals surface area contributed by atoms with E-state index in [1.807, 2.05) is 6.20 Å². The molecule has 0 aromatic carbocycles. The summed E-state index contributed by atoms with van der Waals surface area (Å²) in [5, 5.41) is 3.37. The van der Waals surface area contributed by atoms with Crippen molar-refractivity contribution in [3.8, 4) is 0 Å². The molecule has 1 heterocycles. The highest BCUT2D eigenvalue weighted by Gasteiger charge is 2.10. The van der Waals surface area contributed by atoms with Crippen LogP contribution in [0.1, 0.15) is 46.1 Å². The van der Waals surface area contributed by atoms with E-state index in [0.717, 1.165) is 31.4 Å². The highest BCUT2D eigenvalue weighted by molar-refractivity contribution is 5.26. The summed E-state index contributed by atoms with van der Waals surface area (Å²) in [4.78, 5) is 4.37. The lowest BCUT2D eigenvalue weighted by Gasteiger charge is -2.18. The van der Waals surface area contributed by atoms with Crippen molar-refractivity contribution in [2.24, 2.45) is 5.92 Å². The Morgan fingerprint density at radius 2 is 2.11 bits per heavy atom. The highest BCUT2D eigenvalue weighted by atomic mass is 16.5. The molecular weight excluding hydrogens is 226 g/mol. The number of imidazole rings is 1. The van der Waals surface area contributed by atoms with Crippen molar-refractivity contribution < 1.29 is 4.74 Å². The molecule has 1 unspecified atom stereocenters. The first-order chi connectivity index (χ1) is 8.65. The van der Waals surface area contributed by atoms with Crippen molar-refractivity contribution in [2.45, 2.75) is 46.1 Å². The van der Waals surface area contributed by atoms with E-state index in [9.17, 15) is 0 Å². The highest BCUT2D eigenvalue weighted by Crippen LogP contribution is 2.20. The molecule has 104 valence electrons. The second-order valence-electron chi connectivity index (χ2n) is 5.25. The van der Waals surface area contributed by atoms with Gasteiger partial charge in [0.1, 0.15) is 0 Å². The quantitative estimate of drug-likeness (QED) is 0.686. The Hall–Kier alpha value is -1.03. The standard InChI is InChI=1S/C14H27N3O/c1-12(2)6-7-13(3)17-10-9-16-14(17)15-8-5-11-18-4/h9-10,12-13H,5-8,11H2,1-4H3,(H,15,16). The van der Waals surface area contributed by atoms with Gasteiger partial charge in [-0.1, -0.05) is 13.8 Å². The first-order valence-electron chi connectivity index (χ1n) is 6.90. The molecule has 1 aromatic heterocycles. The minimum Gasteiger partial charge on any atom is -0.385 e. The summed E-state index contributed by atoms with van der Waals surface area (Å²) in [5.74, 6) is 1.73. The maximum atomic E-state index is 5.04. The molecule has 0 radical (unpaired) electrons. The number of methoxy groups -OCH3 is 1. The number of hydrogen-bond acceptors (Lipinski definition) is 3. The van der Waals surface area contributed by atoms with Gasteiger partial charge in [0.2, 0.25) is 5.95 Å². The molecule has 4 heteroatoms. The van der Waals surface area contributed by atoms with E-state index in [1.165, 1.54) is 12.8 Å². The van der Waals surface area contributed by atoms with E-state index in [0.29, 0.717) is 6.04 Å². The smallest absolute Gasteiger partial charge is 0.203 e. The summed E-state index contributed by atoms with van der Waals surface area (Å²) >= 11 is 0. The number of anilines is 1. The predicted octanol–water partition coefficient (Wildman–Crippen LogP) is 3.33. The zero-order valence-electron chi connectivity index (χ0n) is 12.1. The SMILES string of the molecule is COCCCNc1nccn1C(C)CCC(C)C. The fraction of sp³-hybridized carbons (Fsp3) is 0.786. The number of hydrogen-bond donors (Lipinski definition) is 1. The Morgan fingerprint density at radius 3 is 2.78 bits per heavy atom. The maximum absolute atomic E-state index is 5.04. The molecule has 0 saturated carbocycles. The van der Waals surface area contributed by atoms with Gasteiger partial charge in [0.25, 0.3) is 0 Å². The van der Waals surface area contributed by atoms with Crippen LogP contribution in [0.2, 0.25) is 0 Å². The van der Waals surface area contributed by atoms with Crippen molar-refractivity contribution in [1.82, 2.24) is 9.55 Å². The molecule has 18 heavy (non-hydrogen) atoms. The average Bonchev–Trinajstić information content (AvgIpc) is 2.80. The predicted molar refractivity (Wildman–Crippen MR) is 76.0 cm³/mol. The molecule has 0 amide bonds. The van der Waals surface area contributed by atoms with Crippen LogP contribution in [0.15, 0.2) is 12.4 Å². The van der Waals surface area contributed by atoms with Crippen LogP contribution in [0.5, 0.6) is 0 Å². The summed E-state index contributed by atoms with van der Waals surface area (Å²) < 4.78 is 7.27. The normalized spacial score (nSPS) is 12.9. The Labute approximate surface area is 111 Å².